The van der Waals surface area contributed by atoms with Crippen LogP contribution in [0.1, 0.15) is 37.6 Å². The monoisotopic (exact) mass is 467 g/mol. The van der Waals surface area contributed by atoms with Gasteiger partial charge in [0.25, 0.3) is 0 Å². The zero-order chi connectivity index (χ0) is 24.2. The second-order valence-corrected chi connectivity index (χ2v) is 8.51. The smallest absolute Gasteiger partial charge is 0.244 e. The maximum absolute atomic E-state index is 13.7. The normalized spacial score (nSPS) is 14.9. The standard InChI is InChI=1S/C24H30FN7O2/c1-5-16(2)24-28-23(18-6-7-19(25)17(3)12-18)29-32(24)14-22(33)31-10-8-30(9-11-31)20-13-21(34-4)27-15-26-20/h6-7,12-13,15-16H,5,8-11,14H2,1-4H3. The van der Waals surface area contributed by atoms with Crippen LogP contribution in [0.5, 0.6) is 5.88 Å². The average Bonchev–Trinajstić information content (AvgIpc) is 3.29. The van der Waals surface area contributed by atoms with E-state index in [4.69, 9.17) is 9.72 Å². The average molecular weight is 468 g/mol. The first-order valence-corrected chi connectivity index (χ1v) is 11.5. The van der Waals surface area contributed by atoms with Crippen molar-refractivity contribution in [3.8, 4) is 17.3 Å². The van der Waals surface area contributed by atoms with Gasteiger partial charge in [0.2, 0.25) is 11.8 Å². The first kappa shape index (κ1) is 23.6. The number of aryl methyl sites for hydroxylation is 1. The molecule has 1 unspecified atom stereocenters. The summed E-state index contributed by atoms with van der Waals surface area (Å²) in [5.74, 6) is 2.44. The minimum Gasteiger partial charge on any atom is -0.481 e. The maximum Gasteiger partial charge on any atom is 0.244 e. The molecule has 0 N–H and O–H groups in total. The number of hydrogen-bond donors (Lipinski definition) is 0. The molecule has 34 heavy (non-hydrogen) atoms. The van der Waals surface area contributed by atoms with E-state index in [1.165, 1.54) is 12.4 Å². The van der Waals surface area contributed by atoms with Crippen molar-refractivity contribution in [2.75, 3.05) is 38.2 Å². The van der Waals surface area contributed by atoms with Crippen LogP contribution in [0.3, 0.4) is 0 Å². The number of benzene rings is 1. The number of anilines is 1. The van der Waals surface area contributed by atoms with E-state index in [0.717, 1.165) is 23.6 Å². The van der Waals surface area contributed by atoms with Crippen LogP contribution in [0, 0.1) is 12.7 Å². The van der Waals surface area contributed by atoms with E-state index in [1.54, 1.807) is 36.9 Å². The molecule has 1 amide bonds. The summed E-state index contributed by atoms with van der Waals surface area (Å²) in [5.41, 5.74) is 1.28. The number of aromatic nitrogens is 5. The lowest BCUT2D eigenvalue weighted by atomic mass is 10.1. The number of rotatable bonds is 7. The predicted molar refractivity (Wildman–Crippen MR) is 126 cm³/mol. The molecule has 1 aliphatic rings. The Hall–Kier alpha value is -3.56. The number of methoxy groups -OCH3 is 1. The fourth-order valence-corrected chi connectivity index (χ4v) is 3.95. The summed E-state index contributed by atoms with van der Waals surface area (Å²) in [6, 6.07) is 6.63. The van der Waals surface area contributed by atoms with Gasteiger partial charge < -0.3 is 14.5 Å². The largest absolute Gasteiger partial charge is 0.481 e. The Morgan fingerprint density at radius 1 is 1.18 bits per heavy atom. The van der Waals surface area contributed by atoms with Gasteiger partial charge in [-0.25, -0.2) is 24.0 Å². The van der Waals surface area contributed by atoms with Gasteiger partial charge in [0.15, 0.2) is 5.82 Å². The van der Waals surface area contributed by atoms with Gasteiger partial charge in [-0.3, -0.25) is 4.79 Å². The fourth-order valence-electron chi connectivity index (χ4n) is 3.95. The van der Waals surface area contributed by atoms with Crippen LogP contribution < -0.4 is 9.64 Å². The lowest BCUT2D eigenvalue weighted by molar-refractivity contribution is -0.132. The van der Waals surface area contributed by atoms with Crippen molar-refractivity contribution in [3.05, 3.63) is 47.8 Å². The summed E-state index contributed by atoms with van der Waals surface area (Å²) < 4.78 is 20.6. The molecule has 0 bridgehead atoms. The van der Waals surface area contributed by atoms with Gasteiger partial charge in [-0.2, -0.15) is 5.10 Å². The van der Waals surface area contributed by atoms with E-state index < -0.39 is 0 Å². The Morgan fingerprint density at radius 2 is 1.94 bits per heavy atom. The van der Waals surface area contributed by atoms with Gasteiger partial charge in [0, 0.05) is 43.7 Å². The summed E-state index contributed by atoms with van der Waals surface area (Å²) in [6.45, 7) is 8.49. The molecule has 3 aromatic rings. The number of hydrogen-bond acceptors (Lipinski definition) is 7. The Kier molecular flexibility index (Phi) is 7.04. The Morgan fingerprint density at radius 3 is 2.62 bits per heavy atom. The SMILES string of the molecule is CCC(C)c1nc(-c2ccc(F)c(C)c2)nn1CC(=O)N1CCN(c2cc(OC)ncn2)CC1. The molecule has 0 spiro atoms. The molecule has 1 aromatic carbocycles. The highest BCUT2D eigenvalue weighted by Crippen LogP contribution is 2.24. The minimum absolute atomic E-state index is 0.00351. The van der Waals surface area contributed by atoms with Crippen LogP contribution in [-0.2, 0) is 11.3 Å². The Bertz CT molecular complexity index is 1160. The molecule has 2 aromatic heterocycles. The zero-order valence-corrected chi connectivity index (χ0v) is 20.0. The Balaban J connectivity index is 1.47. The molecule has 1 atom stereocenters. The number of halogens is 1. The van der Waals surface area contributed by atoms with Gasteiger partial charge in [-0.05, 0) is 37.1 Å². The summed E-state index contributed by atoms with van der Waals surface area (Å²) in [6.07, 6.45) is 2.35. The second-order valence-electron chi connectivity index (χ2n) is 8.51. The molecule has 4 rings (SSSR count). The number of carbonyl (C=O) groups excluding carboxylic acids is 1. The van der Waals surface area contributed by atoms with E-state index >= 15 is 0 Å². The van der Waals surface area contributed by atoms with E-state index in [0.29, 0.717) is 43.4 Å². The van der Waals surface area contributed by atoms with Crippen molar-refractivity contribution in [2.45, 2.75) is 39.7 Å². The molecule has 9 nitrogen and oxygen atoms in total. The van der Waals surface area contributed by atoms with E-state index in [9.17, 15) is 9.18 Å². The van der Waals surface area contributed by atoms with Crippen molar-refractivity contribution < 1.29 is 13.9 Å². The summed E-state index contributed by atoms with van der Waals surface area (Å²) in [4.78, 5) is 30.2. The third kappa shape index (κ3) is 5.00. The van der Waals surface area contributed by atoms with Gasteiger partial charge in [0.1, 0.15) is 30.3 Å². The van der Waals surface area contributed by atoms with Crippen LogP contribution in [-0.4, -0.2) is 68.8 Å². The van der Waals surface area contributed by atoms with Gasteiger partial charge in [-0.15, -0.1) is 0 Å². The highest BCUT2D eigenvalue weighted by molar-refractivity contribution is 5.76. The highest BCUT2D eigenvalue weighted by atomic mass is 19.1. The maximum atomic E-state index is 13.7. The van der Waals surface area contributed by atoms with Crippen molar-refractivity contribution in [1.29, 1.82) is 0 Å². The zero-order valence-electron chi connectivity index (χ0n) is 20.0. The molecule has 0 radical (unpaired) electrons. The molecule has 1 saturated heterocycles. The van der Waals surface area contributed by atoms with Crippen LogP contribution >= 0.6 is 0 Å². The lowest BCUT2D eigenvalue weighted by Crippen LogP contribution is -2.50. The third-order valence-electron chi connectivity index (χ3n) is 6.25. The third-order valence-corrected chi connectivity index (χ3v) is 6.25. The molecule has 10 heteroatoms. The predicted octanol–water partition coefficient (Wildman–Crippen LogP) is 3.05. The first-order valence-electron chi connectivity index (χ1n) is 11.5. The first-order chi connectivity index (χ1) is 16.4. The van der Waals surface area contributed by atoms with Crippen LogP contribution in [0.2, 0.25) is 0 Å². The molecule has 1 fully saturated rings. The van der Waals surface area contributed by atoms with E-state index in [-0.39, 0.29) is 24.2 Å². The molecule has 0 saturated carbocycles. The molecule has 0 aliphatic carbocycles. The fraction of sp³-hybridized carbons (Fsp3) is 0.458. The lowest BCUT2D eigenvalue weighted by Gasteiger charge is -2.35. The number of amides is 1. The van der Waals surface area contributed by atoms with E-state index in [1.807, 2.05) is 4.90 Å². The number of nitrogens with zero attached hydrogens (tertiary/aromatic N) is 7. The van der Waals surface area contributed by atoms with Crippen molar-refractivity contribution in [3.63, 3.8) is 0 Å². The van der Waals surface area contributed by atoms with Crippen molar-refractivity contribution >= 4 is 11.7 Å². The molecular weight excluding hydrogens is 437 g/mol. The van der Waals surface area contributed by atoms with Gasteiger partial charge in [-0.1, -0.05) is 13.8 Å². The molecular formula is C24H30FN7O2. The molecule has 3 heterocycles. The highest BCUT2D eigenvalue weighted by Gasteiger charge is 2.25. The van der Waals surface area contributed by atoms with Crippen molar-refractivity contribution in [2.24, 2.45) is 0 Å². The minimum atomic E-state index is -0.264. The van der Waals surface area contributed by atoms with Gasteiger partial charge in [0.05, 0.1) is 7.11 Å². The van der Waals surface area contributed by atoms with Crippen LogP contribution in [0.4, 0.5) is 10.2 Å². The molecule has 1 aliphatic heterocycles. The van der Waals surface area contributed by atoms with Gasteiger partial charge >= 0.3 is 0 Å². The quantitative estimate of drug-likeness (QED) is 0.528. The van der Waals surface area contributed by atoms with Crippen LogP contribution in [0.15, 0.2) is 30.6 Å². The summed E-state index contributed by atoms with van der Waals surface area (Å²) >= 11 is 0. The topological polar surface area (TPSA) is 89.3 Å². The van der Waals surface area contributed by atoms with E-state index in [2.05, 4.69) is 33.8 Å². The second kappa shape index (κ2) is 10.1. The summed E-state index contributed by atoms with van der Waals surface area (Å²) in [7, 11) is 1.57. The number of piperazine rings is 1. The molecule has 180 valence electrons. The summed E-state index contributed by atoms with van der Waals surface area (Å²) in [5, 5.41) is 4.63. The van der Waals surface area contributed by atoms with Crippen LogP contribution in [0.25, 0.3) is 11.4 Å². The number of carbonyl (C=O) groups is 1. The Labute approximate surface area is 198 Å². The van der Waals surface area contributed by atoms with Crippen molar-refractivity contribution in [1.82, 2.24) is 29.6 Å². The number of ether oxygens (including phenoxy) is 1.